The topological polar surface area (TPSA) is 77.8 Å². The van der Waals surface area contributed by atoms with Crippen LogP contribution in [0.2, 0.25) is 0 Å². The van der Waals surface area contributed by atoms with E-state index in [9.17, 15) is 18.0 Å². The molecule has 3 aromatic rings. The predicted molar refractivity (Wildman–Crippen MR) is 116 cm³/mol. The molecule has 1 aliphatic heterocycles. The summed E-state index contributed by atoms with van der Waals surface area (Å²) in [5.74, 6) is -1.81. The van der Waals surface area contributed by atoms with Gasteiger partial charge in [-0.2, -0.15) is 5.10 Å². The summed E-state index contributed by atoms with van der Waals surface area (Å²) in [7, 11) is 0. The van der Waals surface area contributed by atoms with E-state index in [2.05, 4.69) is 15.4 Å². The zero-order valence-electron chi connectivity index (χ0n) is 18.6. The number of hydrogen-bond acceptors (Lipinski definition) is 5. The molecule has 5 rings (SSSR count). The number of fused-ring (bicyclic) bond motifs is 1. The van der Waals surface area contributed by atoms with Crippen molar-refractivity contribution in [1.29, 1.82) is 0 Å². The number of aromatic nitrogens is 3. The van der Waals surface area contributed by atoms with Crippen LogP contribution in [-0.2, 0) is 9.47 Å². The molecule has 0 radical (unpaired) electrons. The van der Waals surface area contributed by atoms with Gasteiger partial charge in [0.25, 0.3) is 12.3 Å². The van der Waals surface area contributed by atoms with Crippen molar-refractivity contribution in [3.63, 3.8) is 0 Å². The summed E-state index contributed by atoms with van der Waals surface area (Å²) in [5, 5.41) is 6.92. The highest BCUT2D eigenvalue weighted by Crippen LogP contribution is 2.43. The minimum Gasteiger partial charge on any atom is -0.348 e. The lowest BCUT2D eigenvalue weighted by Gasteiger charge is -2.35. The average molecular weight is 474 g/mol. The van der Waals surface area contributed by atoms with E-state index in [0.717, 1.165) is 37.3 Å². The molecule has 7 nitrogen and oxygen atoms in total. The molecular formula is C24H25F3N4O3. The van der Waals surface area contributed by atoms with Crippen LogP contribution in [-0.4, -0.2) is 39.5 Å². The van der Waals surface area contributed by atoms with Crippen molar-refractivity contribution >= 4 is 11.6 Å². The number of ether oxygens (including phenoxy) is 2. The van der Waals surface area contributed by atoms with Crippen LogP contribution in [0.25, 0.3) is 5.65 Å². The molecule has 2 aromatic heterocycles. The van der Waals surface area contributed by atoms with Gasteiger partial charge < -0.3 is 14.8 Å². The van der Waals surface area contributed by atoms with Crippen LogP contribution in [0.15, 0.2) is 36.8 Å². The molecule has 2 aliphatic rings. The first-order valence-electron chi connectivity index (χ1n) is 11.4. The fourth-order valence-electron chi connectivity index (χ4n) is 4.96. The lowest BCUT2D eigenvalue weighted by Crippen LogP contribution is -2.34. The molecule has 1 saturated carbocycles. The largest absolute Gasteiger partial charge is 0.348 e. The molecule has 10 heteroatoms. The maximum Gasteiger partial charge on any atom is 0.266 e. The van der Waals surface area contributed by atoms with Crippen LogP contribution in [0.1, 0.15) is 78.0 Å². The van der Waals surface area contributed by atoms with Crippen molar-refractivity contribution in [3.05, 3.63) is 64.9 Å². The van der Waals surface area contributed by atoms with Crippen molar-refractivity contribution in [2.75, 3.05) is 13.2 Å². The maximum absolute atomic E-state index is 14.6. The van der Waals surface area contributed by atoms with Crippen LogP contribution in [0.4, 0.5) is 13.2 Å². The van der Waals surface area contributed by atoms with E-state index in [4.69, 9.17) is 9.47 Å². The van der Waals surface area contributed by atoms with E-state index in [-0.39, 0.29) is 11.5 Å². The van der Waals surface area contributed by atoms with Gasteiger partial charge in [-0.3, -0.25) is 4.79 Å². The predicted octanol–water partition coefficient (Wildman–Crippen LogP) is 4.70. The number of nitrogens with zero attached hydrogens (tertiary/aromatic N) is 3. The molecule has 34 heavy (non-hydrogen) atoms. The van der Waals surface area contributed by atoms with Gasteiger partial charge in [0.2, 0.25) is 0 Å². The molecule has 0 bridgehead atoms. The van der Waals surface area contributed by atoms with E-state index in [1.54, 1.807) is 23.7 Å². The number of carbonyl (C=O) groups excluding carboxylic acids is 1. The Morgan fingerprint density at radius 3 is 2.62 bits per heavy atom. The SMILES string of the molecule is C[C@@H](NC(=O)c1cc(C2CCC3(CC2)OCCO3)c2ncnn2c1)c1cccc(C(F)F)c1F. The number of halogens is 3. The molecule has 0 unspecified atom stereocenters. The normalized spacial score (nSPS) is 19.2. The molecule has 1 N–H and O–H groups in total. The van der Waals surface area contributed by atoms with E-state index in [0.29, 0.717) is 24.4 Å². The van der Waals surface area contributed by atoms with Gasteiger partial charge in [-0.05, 0) is 31.7 Å². The van der Waals surface area contributed by atoms with Gasteiger partial charge in [0.1, 0.15) is 12.1 Å². The molecule has 2 fully saturated rings. The van der Waals surface area contributed by atoms with E-state index < -0.39 is 35.5 Å². The molecule has 1 spiro atoms. The first kappa shape index (κ1) is 22.8. The highest BCUT2D eigenvalue weighted by molar-refractivity contribution is 5.94. The Morgan fingerprint density at radius 1 is 1.21 bits per heavy atom. The third-order valence-corrected chi connectivity index (χ3v) is 6.77. The minimum atomic E-state index is -2.94. The first-order chi connectivity index (χ1) is 16.4. The number of pyridine rings is 1. The van der Waals surface area contributed by atoms with Gasteiger partial charge >= 0.3 is 0 Å². The Balaban J connectivity index is 1.38. The van der Waals surface area contributed by atoms with E-state index in [1.165, 1.54) is 18.5 Å². The third kappa shape index (κ3) is 4.16. The maximum atomic E-state index is 14.6. The summed E-state index contributed by atoms with van der Waals surface area (Å²) < 4.78 is 53.9. The molecule has 1 atom stereocenters. The zero-order valence-corrected chi connectivity index (χ0v) is 18.6. The first-order valence-corrected chi connectivity index (χ1v) is 11.4. The van der Waals surface area contributed by atoms with Crippen LogP contribution in [0.5, 0.6) is 0 Å². The summed E-state index contributed by atoms with van der Waals surface area (Å²) in [4.78, 5) is 17.4. The molecule has 180 valence electrons. The van der Waals surface area contributed by atoms with Gasteiger partial charge in [0.05, 0.1) is 30.4 Å². The van der Waals surface area contributed by atoms with Crippen LogP contribution in [0, 0.1) is 5.82 Å². The minimum absolute atomic E-state index is 0.00218. The summed E-state index contributed by atoms with van der Waals surface area (Å²) in [6, 6.07) is 4.77. The molecule has 1 saturated heterocycles. The summed E-state index contributed by atoms with van der Waals surface area (Å²) >= 11 is 0. The molecule has 1 amide bonds. The Labute approximate surface area is 194 Å². The number of rotatable bonds is 5. The molecule has 3 heterocycles. The van der Waals surface area contributed by atoms with Crippen molar-refractivity contribution in [2.45, 2.75) is 56.8 Å². The monoisotopic (exact) mass is 474 g/mol. The fourth-order valence-corrected chi connectivity index (χ4v) is 4.96. The van der Waals surface area contributed by atoms with Gasteiger partial charge in [0, 0.05) is 30.2 Å². The number of carbonyl (C=O) groups is 1. The molecule has 1 aromatic carbocycles. The van der Waals surface area contributed by atoms with E-state index >= 15 is 0 Å². The van der Waals surface area contributed by atoms with Gasteiger partial charge in [-0.15, -0.1) is 0 Å². The highest BCUT2D eigenvalue weighted by Gasteiger charge is 2.41. The average Bonchev–Trinajstić information content (AvgIpc) is 3.48. The van der Waals surface area contributed by atoms with Gasteiger partial charge in [0.15, 0.2) is 11.4 Å². The van der Waals surface area contributed by atoms with Crippen molar-refractivity contribution in [1.82, 2.24) is 19.9 Å². The summed E-state index contributed by atoms with van der Waals surface area (Å²) in [6.07, 6.45) is 3.20. The lowest BCUT2D eigenvalue weighted by molar-refractivity contribution is -0.178. The number of amides is 1. The molecular weight excluding hydrogens is 449 g/mol. The van der Waals surface area contributed by atoms with Crippen molar-refractivity contribution in [3.8, 4) is 0 Å². The standard InChI is InChI=1S/C24H25F3N4O3/c1-14(17-3-2-4-18(20(17)25)21(26)27)30-23(32)16-11-19(22-28-13-29-31(22)12-16)15-5-7-24(8-6-15)33-9-10-34-24/h2-4,11-15,21H,5-10H2,1H3,(H,30,32)/t14-/m1/s1. The van der Waals surface area contributed by atoms with E-state index in [1.807, 2.05) is 0 Å². The quantitative estimate of drug-likeness (QED) is 0.580. The number of benzene rings is 1. The van der Waals surface area contributed by atoms with Gasteiger partial charge in [-0.25, -0.2) is 22.7 Å². The smallest absolute Gasteiger partial charge is 0.266 e. The summed E-state index contributed by atoms with van der Waals surface area (Å²) in [6.45, 7) is 2.77. The Hall–Kier alpha value is -2.98. The van der Waals surface area contributed by atoms with Crippen LogP contribution in [0.3, 0.4) is 0 Å². The Kier molecular flexibility index (Phi) is 6.03. The fraction of sp³-hybridized carbons (Fsp3) is 0.458. The number of hydrogen-bond donors (Lipinski definition) is 1. The lowest BCUT2D eigenvalue weighted by atomic mass is 9.81. The molecule has 1 aliphatic carbocycles. The van der Waals surface area contributed by atoms with Crippen molar-refractivity contribution < 1.29 is 27.4 Å². The van der Waals surface area contributed by atoms with Gasteiger partial charge in [-0.1, -0.05) is 18.2 Å². The highest BCUT2D eigenvalue weighted by atomic mass is 19.3. The second kappa shape index (κ2) is 8.99. The second-order valence-corrected chi connectivity index (χ2v) is 8.84. The third-order valence-electron chi connectivity index (χ3n) is 6.77. The Morgan fingerprint density at radius 2 is 1.91 bits per heavy atom. The van der Waals surface area contributed by atoms with Crippen molar-refractivity contribution in [2.24, 2.45) is 0 Å². The number of alkyl halides is 2. The number of nitrogens with one attached hydrogen (secondary N) is 1. The van der Waals surface area contributed by atoms with Crippen LogP contribution >= 0.6 is 0 Å². The van der Waals surface area contributed by atoms with Crippen LogP contribution < -0.4 is 5.32 Å². The second-order valence-electron chi connectivity index (χ2n) is 8.84. The zero-order chi connectivity index (χ0) is 23.9. The summed E-state index contributed by atoms with van der Waals surface area (Å²) in [5.41, 5.74) is 1.22. The Bertz CT molecular complexity index is 1200.